The number of amides is 1. The molecule has 1 amide bonds. The lowest BCUT2D eigenvalue weighted by Crippen LogP contribution is -2.44. The highest BCUT2D eigenvalue weighted by molar-refractivity contribution is 5.93. The van der Waals surface area contributed by atoms with Crippen LogP contribution in [-0.2, 0) is 20.7 Å². The normalized spacial score (nSPS) is 19.9. The molecule has 0 aliphatic carbocycles. The number of Topliss-reactive ketones (excluding diaryl/α,β-unsaturated/α-hetero) is 1. The van der Waals surface area contributed by atoms with Gasteiger partial charge in [0.15, 0.2) is 5.78 Å². The van der Waals surface area contributed by atoms with Crippen molar-refractivity contribution in [2.45, 2.75) is 46.1 Å². The van der Waals surface area contributed by atoms with Crippen LogP contribution >= 0.6 is 0 Å². The van der Waals surface area contributed by atoms with Crippen molar-refractivity contribution in [3.05, 3.63) is 65.9 Å². The van der Waals surface area contributed by atoms with Crippen molar-refractivity contribution in [3.63, 3.8) is 0 Å². The van der Waals surface area contributed by atoms with Crippen LogP contribution in [0, 0.1) is 5.92 Å². The molecule has 1 aromatic carbocycles. The lowest BCUT2D eigenvalue weighted by Gasteiger charge is -2.21. The molecule has 0 radical (unpaired) electrons. The van der Waals surface area contributed by atoms with Crippen molar-refractivity contribution in [1.29, 1.82) is 0 Å². The molecule has 2 N–H and O–H groups in total. The lowest BCUT2D eigenvalue weighted by atomic mass is 9.95. The predicted octanol–water partition coefficient (Wildman–Crippen LogP) is 4.70. The van der Waals surface area contributed by atoms with E-state index in [2.05, 4.69) is 28.5 Å². The van der Waals surface area contributed by atoms with Gasteiger partial charge in [0.25, 0.3) is 0 Å². The van der Waals surface area contributed by atoms with E-state index in [0.717, 1.165) is 40.6 Å². The zero-order valence-electron chi connectivity index (χ0n) is 17.9. The summed E-state index contributed by atoms with van der Waals surface area (Å²) in [5.41, 5.74) is 2.85. The fraction of sp³-hybridized carbons (Fsp3) is 0.360. The fourth-order valence-corrected chi connectivity index (χ4v) is 3.62. The predicted molar refractivity (Wildman–Crippen MR) is 121 cm³/mol. The summed E-state index contributed by atoms with van der Waals surface area (Å²) in [5, 5.41) is 3.90. The Bertz CT molecular complexity index is 997. The first-order valence-electron chi connectivity index (χ1n) is 10.5. The standard InChI is InChI=1S/C25H30N2O3/c1-4-17(2)25(18(3)28)27-24(29)15-20-16-26-22-12-11-19(14-21(20)22)23-10-8-6-5-7-9-13-30-23/h5-7,9-12,14,16-17,25-26H,4,8,13,15H2,1-3H3,(H,27,29)/b6-5-,9-7-,23-10-/t17-,25?/m0/s1. The first-order valence-corrected chi connectivity index (χ1v) is 10.5. The fourth-order valence-electron chi connectivity index (χ4n) is 3.62. The average molecular weight is 407 g/mol. The van der Waals surface area contributed by atoms with Gasteiger partial charge < -0.3 is 15.0 Å². The monoisotopic (exact) mass is 406 g/mol. The second-order valence-corrected chi connectivity index (χ2v) is 7.76. The van der Waals surface area contributed by atoms with Gasteiger partial charge in [-0.25, -0.2) is 0 Å². The quantitative estimate of drug-likeness (QED) is 0.700. The van der Waals surface area contributed by atoms with Gasteiger partial charge in [0.05, 0.1) is 12.5 Å². The highest BCUT2D eigenvalue weighted by Crippen LogP contribution is 2.26. The molecule has 30 heavy (non-hydrogen) atoms. The van der Waals surface area contributed by atoms with E-state index >= 15 is 0 Å². The van der Waals surface area contributed by atoms with Crippen LogP contribution < -0.4 is 5.32 Å². The number of rotatable bonds is 7. The minimum Gasteiger partial charge on any atom is -0.489 e. The summed E-state index contributed by atoms with van der Waals surface area (Å²) < 4.78 is 5.92. The van der Waals surface area contributed by atoms with Gasteiger partial charge in [-0.3, -0.25) is 9.59 Å². The molecule has 2 aromatic rings. The van der Waals surface area contributed by atoms with E-state index in [9.17, 15) is 9.59 Å². The highest BCUT2D eigenvalue weighted by atomic mass is 16.5. The molecular weight excluding hydrogens is 376 g/mol. The molecule has 1 aromatic heterocycles. The summed E-state index contributed by atoms with van der Waals surface area (Å²) in [6.07, 6.45) is 13.8. The van der Waals surface area contributed by atoms with Crippen molar-refractivity contribution < 1.29 is 14.3 Å². The third kappa shape index (κ3) is 5.29. The molecule has 2 heterocycles. The molecular formula is C25H30N2O3. The number of ether oxygens (including phenoxy) is 1. The van der Waals surface area contributed by atoms with E-state index in [1.54, 1.807) is 0 Å². The Morgan fingerprint density at radius 1 is 1.23 bits per heavy atom. The van der Waals surface area contributed by atoms with Gasteiger partial charge in [0.2, 0.25) is 5.91 Å². The highest BCUT2D eigenvalue weighted by Gasteiger charge is 2.23. The van der Waals surface area contributed by atoms with Gasteiger partial charge in [0, 0.05) is 22.7 Å². The van der Waals surface area contributed by atoms with Crippen LogP contribution in [0.1, 0.15) is 44.7 Å². The zero-order chi connectivity index (χ0) is 21.5. The molecule has 0 saturated carbocycles. The van der Waals surface area contributed by atoms with Crippen LogP contribution in [0.25, 0.3) is 16.7 Å². The van der Waals surface area contributed by atoms with Crippen molar-refractivity contribution in [2.75, 3.05) is 6.61 Å². The number of carbonyl (C=O) groups is 2. The first-order chi connectivity index (χ1) is 14.5. The number of benzene rings is 1. The maximum atomic E-state index is 12.7. The summed E-state index contributed by atoms with van der Waals surface area (Å²) in [4.78, 5) is 27.8. The zero-order valence-corrected chi connectivity index (χ0v) is 17.9. The van der Waals surface area contributed by atoms with Crippen LogP contribution in [-0.4, -0.2) is 29.3 Å². The Kier molecular flexibility index (Phi) is 7.28. The molecule has 1 aliphatic rings. The SMILES string of the molecule is CC[C@H](C)C(NC(=O)Cc1c[nH]c2ccc(/C3=C/C/C=C\C=C/CO3)cc12)C(C)=O. The number of carbonyl (C=O) groups excluding carboxylic acids is 2. The average Bonchev–Trinajstić information content (AvgIpc) is 3.18. The summed E-state index contributed by atoms with van der Waals surface area (Å²) in [6, 6.07) is 5.64. The number of ketones is 1. The van der Waals surface area contributed by atoms with Crippen molar-refractivity contribution >= 4 is 28.4 Å². The summed E-state index contributed by atoms with van der Waals surface area (Å²) in [6.45, 7) is 6.05. The van der Waals surface area contributed by atoms with E-state index in [1.165, 1.54) is 6.92 Å². The van der Waals surface area contributed by atoms with Crippen LogP contribution in [0.3, 0.4) is 0 Å². The van der Waals surface area contributed by atoms with Crippen LogP contribution in [0.15, 0.2) is 54.8 Å². The topological polar surface area (TPSA) is 71.2 Å². The van der Waals surface area contributed by atoms with Gasteiger partial charge in [0.1, 0.15) is 12.4 Å². The van der Waals surface area contributed by atoms with Crippen molar-refractivity contribution in [3.8, 4) is 0 Å². The smallest absolute Gasteiger partial charge is 0.225 e. The number of H-pyrrole nitrogens is 1. The largest absolute Gasteiger partial charge is 0.489 e. The number of fused-ring (bicyclic) bond motifs is 1. The van der Waals surface area contributed by atoms with Gasteiger partial charge >= 0.3 is 0 Å². The minimum atomic E-state index is -0.443. The maximum absolute atomic E-state index is 12.7. The van der Waals surface area contributed by atoms with E-state index in [4.69, 9.17) is 4.74 Å². The number of hydrogen-bond donors (Lipinski definition) is 2. The van der Waals surface area contributed by atoms with E-state index in [1.807, 2.05) is 50.4 Å². The summed E-state index contributed by atoms with van der Waals surface area (Å²) in [5.74, 6) is 0.788. The molecule has 2 atom stereocenters. The van der Waals surface area contributed by atoms with E-state index in [-0.39, 0.29) is 24.0 Å². The Morgan fingerprint density at radius 2 is 2.03 bits per heavy atom. The first kappa shape index (κ1) is 21.6. The number of nitrogens with one attached hydrogen (secondary N) is 2. The Hall–Kier alpha value is -3.08. The number of aromatic amines is 1. The van der Waals surface area contributed by atoms with E-state index < -0.39 is 6.04 Å². The number of allylic oxidation sites excluding steroid dienone is 4. The summed E-state index contributed by atoms with van der Waals surface area (Å²) in [7, 11) is 0. The molecule has 0 bridgehead atoms. The minimum absolute atomic E-state index is 0.00806. The van der Waals surface area contributed by atoms with Crippen LogP contribution in [0.2, 0.25) is 0 Å². The van der Waals surface area contributed by atoms with Crippen molar-refractivity contribution in [2.24, 2.45) is 5.92 Å². The number of hydrogen-bond acceptors (Lipinski definition) is 3. The number of aromatic nitrogens is 1. The molecule has 0 saturated heterocycles. The molecule has 5 heteroatoms. The second kappa shape index (κ2) is 10.1. The Morgan fingerprint density at radius 3 is 2.80 bits per heavy atom. The lowest BCUT2D eigenvalue weighted by molar-refractivity contribution is -0.127. The molecule has 1 aliphatic heterocycles. The maximum Gasteiger partial charge on any atom is 0.225 e. The van der Waals surface area contributed by atoms with E-state index in [0.29, 0.717) is 6.61 Å². The third-order valence-corrected chi connectivity index (χ3v) is 5.53. The Labute approximate surface area is 177 Å². The van der Waals surface area contributed by atoms with Gasteiger partial charge in [-0.05, 0) is 55.2 Å². The third-order valence-electron chi connectivity index (χ3n) is 5.53. The molecule has 0 spiro atoms. The second-order valence-electron chi connectivity index (χ2n) is 7.76. The Balaban J connectivity index is 1.81. The molecule has 1 unspecified atom stereocenters. The molecule has 5 nitrogen and oxygen atoms in total. The van der Waals surface area contributed by atoms with Gasteiger partial charge in [-0.1, -0.05) is 38.5 Å². The van der Waals surface area contributed by atoms with Crippen molar-refractivity contribution in [1.82, 2.24) is 10.3 Å². The molecule has 158 valence electrons. The van der Waals surface area contributed by atoms with Gasteiger partial charge in [-0.2, -0.15) is 0 Å². The van der Waals surface area contributed by atoms with Crippen LogP contribution in [0.4, 0.5) is 0 Å². The van der Waals surface area contributed by atoms with Gasteiger partial charge in [-0.15, -0.1) is 0 Å². The molecule has 0 fully saturated rings. The molecule has 3 rings (SSSR count). The summed E-state index contributed by atoms with van der Waals surface area (Å²) >= 11 is 0. The van der Waals surface area contributed by atoms with Crippen LogP contribution in [0.5, 0.6) is 0 Å².